The minimum absolute atomic E-state index is 0.0831. The quantitative estimate of drug-likeness (QED) is 0.324. The highest BCUT2D eigenvalue weighted by Gasteiger charge is 2.21. The van der Waals surface area contributed by atoms with Gasteiger partial charge in [0.1, 0.15) is 10.6 Å². The number of rotatable bonds is 10. The Morgan fingerprint density at radius 2 is 1.85 bits per heavy atom. The van der Waals surface area contributed by atoms with Crippen LogP contribution in [0, 0.1) is 0 Å². The summed E-state index contributed by atoms with van der Waals surface area (Å²) < 4.78 is 33.6. The Kier molecular flexibility index (Phi) is 7.24. The maximum absolute atomic E-state index is 12.9. The van der Waals surface area contributed by atoms with Crippen LogP contribution in [-0.2, 0) is 22.9 Å². The van der Waals surface area contributed by atoms with Crippen LogP contribution in [0.3, 0.4) is 0 Å². The normalized spacial score (nSPS) is 11.4. The van der Waals surface area contributed by atoms with Crippen LogP contribution in [0.15, 0.2) is 78.0 Å². The Hall–Kier alpha value is -3.69. The summed E-state index contributed by atoms with van der Waals surface area (Å²) >= 11 is 0. The molecule has 9 heteroatoms. The summed E-state index contributed by atoms with van der Waals surface area (Å²) in [4.78, 5) is 20.1. The molecule has 0 spiro atoms. The SMILES string of the molecule is COc1ccc(C(=O)NCCc2c[nH]c3ccccc23)cc1S(=O)(=O)NCCc1ccccn1. The molecule has 34 heavy (non-hydrogen) atoms. The van der Waals surface area contributed by atoms with Gasteiger partial charge in [0.05, 0.1) is 7.11 Å². The lowest BCUT2D eigenvalue weighted by molar-refractivity contribution is 0.0954. The van der Waals surface area contributed by atoms with Gasteiger partial charge in [-0.1, -0.05) is 24.3 Å². The average Bonchev–Trinajstić information content (AvgIpc) is 3.27. The van der Waals surface area contributed by atoms with E-state index in [1.165, 1.54) is 19.2 Å². The number of carbonyl (C=O) groups excluding carboxylic acids is 1. The highest BCUT2D eigenvalue weighted by atomic mass is 32.2. The molecule has 0 fully saturated rings. The van der Waals surface area contributed by atoms with Crippen LogP contribution in [0.2, 0.25) is 0 Å². The number of methoxy groups -OCH3 is 1. The fourth-order valence-corrected chi connectivity index (χ4v) is 4.94. The monoisotopic (exact) mass is 478 g/mol. The van der Waals surface area contributed by atoms with Crippen LogP contribution in [0.25, 0.3) is 10.9 Å². The summed E-state index contributed by atoms with van der Waals surface area (Å²) in [5.41, 5.74) is 3.17. The Balaban J connectivity index is 1.41. The molecule has 0 unspecified atom stereocenters. The van der Waals surface area contributed by atoms with Crippen molar-refractivity contribution in [2.24, 2.45) is 0 Å². The molecule has 0 radical (unpaired) electrons. The number of nitrogens with one attached hydrogen (secondary N) is 3. The number of ether oxygens (including phenoxy) is 1. The van der Waals surface area contributed by atoms with E-state index in [0.717, 1.165) is 22.2 Å². The van der Waals surface area contributed by atoms with Crippen molar-refractivity contribution >= 4 is 26.8 Å². The summed E-state index contributed by atoms with van der Waals surface area (Å²) in [5, 5.41) is 3.98. The van der Waals surface area contributed by atoms with E-state index < -0.39 is 10.0 Å². The summed E-state index contributed by atoms with van der Waals surface area (Å²) in [5.74, 6) is -0.187. The van der Waals surface area contributed by atoms with Crippen molar-refractivity contribution < 1.29 is 17.9 Å². The van der Waals surface area contributed by atoms with Gasteiger partial charge in [0.15, 0.2) is 0 Å². The zero-order chi connectivity index (χ0) is 24.0. The summed E-state index contributed by atoms with van der Waals surface area (Å²) in [6.45, 7) is 0.584. The summed E-state index contributed by atoms with van der Waals surface area (Å²) in [6.07, 6.45) is 4.68. The molecule has 0 bridgehead atoms. The highest BCUT2D eigenvalue weighted by molar-refractivity contribution is 7.89. The largest absolute Gasteiger partial charge is 0.495 e. The number of hydrogen-bond donors (Lipinski definition) is 3. The molecule has 0 aliphatic rings. The number of aromatic amines is 1. The maximum atomic E-state index is 12.9. The van der Waals surface area contributed by atoms with Crippen molar-refractivity contribution in [1.29, 1.82) is 0 Å². The van der Waals surface area contributed by atoms with E-state index >= 15 is 0 Å². The first-order chi connectivity index (χ1) is 16.5. The van der Waals surface area contributed by atoms with Crippen LogP contribution in [0.5, 0.6) is 5.75 Å². The van der Waals surface area contributed by atoms with Crippen LogP contribution < -0.4 is 14.8 Å². The molecule has 0 aliphatic carbocycles. The molecular weight excluding hydrogens is 452 g/mol. The lowest BCUT2D eigenvalue weighted by Crippen LogP contribution is -2.28. The van der Waals surface area contributed by atoms with Crippen LogP contribution >= 0.6 is 0 Å². The van der Waals surface area contributed by atoms with Gasteiger partial charge in [-0.3, -0.25) is 9.78 Å². The standard InChI is InChI=1S/C25H26N4O4S/c1-33-23-10-9-18(16-24(23)34(31,32)29-15-12-20-6-4-5-13-26-20)25(30)27-14-11-19-17-28-22-8-3-2-7-21(19)22/h2-10,13,16-17,28-29H,11-12,14-15H2,1H3,(H,27,30). The number of amides is 1. The predicted octanol–water partition coefficient (Wildman–Crippen LogP) is 3.07. The zero-order valence-corrected chi connectivity index (χ0v) is 19.6. The third-order valence-corrected chi connectivity index (χ3v) is 6.95. The van der Waals surface area contributed by atoms with Gasteiger partial charge in [0, 0.05) is 54.1 Å². The van der Waals surface area contributed by atoms with Crippen molar-refractivity contribution in [3.63, 3.8) is 0 Å². The van der Waals surface area contributed by atoms with E-state index in [2.05, 4.69) is 20.0 Å². The van der Waals surface area contributed by atoms with Gasteiger partial charge in [0.2, 0.25) is 10.0 Å². The lowest BCUT2D eigenvalue weighted by Gasteiger charge is -2.13. The van der Waals surface area contributed by atoms with Gasteiger partial charge in [-0.05, 0) is 48.4 Å². The molecule has 2 heterocycles. The number of aromatic nitrogens is 2. The molecule has 8 nitrogen and oxygen atoms in total. The van der Waals surface area contributed by atoms with Gasteiger partial charge in [-0.25, -0.2) is 13.1 Å². The topological polar surface area (TPSA) is 113 Å². The van der Waals surface area contributed by atoms with Crippen molar-refractivity contribution in [1.82, 2.24) is 20.0 Å². The first kappa shape index (κ1) is 23.5. The average molecular weight is 479 g/mol. The molecule has 2 aromatic carbocycles. The highest BCUT2D eigenvalue weighted by Crippen LogP contribution is 2.25. The molecule has 0 saturated carbocycles. The first-order valence-electron chi connectivity index (χ1n) is 10.9. The second kappa shape index (κ2) is 10.5. The molecule has 1 amide bonds. The third-order valence-electron chi connectivity index (χ3n) is 5.47. The second-order valence-corrected chi connectivity index (χ2v) is 9.44. The van der Waals surface area contributed by atoms with E-state index in [4.69, 9.17) is 4.74 Å². The number of H-pyrrole nitrogens is 1. The van der Waals surface area contributed by atoms with Crippen molar-refractivity contribution in [3.05, 3.63) is 89.9 Å². The molecule has 0 aliphatic heterocycles. The number of benzene rings is 2. The van der Waals surface area contributed by atoms with Crippen molar-refractivity contribution in [2.75, 3.05) is 20.2 Å². The number of nitrogens with zero attached hydrogens (tertiary/aromatic N) is 1. The molecular formula is C25H26N4O4S. The van der Waals surface area contributed by atoms with Crippen LogP contribution in [0.1, 0.15) is 21.6 Å². The van der Waals surface area contributed by atoms with E-state index in [1.54, 1.807) is 18.3 Å². The molecule has 176 valence electrons. The minimum atomic E-state index is -3.90. The van der Waals surface area contributed by atoms with Crippen LogP contribution in [0.4, 0.5) is 0 Å². The number of carbonyl (C=O) groups is 1. The number of sulfonamides is 1. The Morgan fingerprint density at radius 3 is 2.65 bits per heavy atom. The van der Waals surface area contributed by atoms with Gasteiger partial charge < -0.3 is 15.0 Å². The van der Waals surface area contributed by atoms with E-state index in [0.29, 0.717) is 19.4 Å². The minimum Gasteiger partial charge on any atom is -0.495 e. The summed E-state index contributed by atoms with van der Waals surface area (Å²) in [6, 6.07) is 17.8. The fraction of sp³-hybridized carbons (Fsp3) is 0.200. The first-order valence-corrected chi connectivity index (χ1v) is 12.4. The molecule has 2 aromatic heterocycles. The molecule has 3 N–H and O–H groups in total. The molecule has 0 saturated heterocycles. The third kappa shape index (κ3) is 5.44. The fourth-order valence-electron chi connectivity index (χ4n) is 3.72. The zero-order valence-electron chi connectivity index (χ0n) is 18.7. The lowest BCUT2D eigenvalue weighted by atomic mass is 10.1. The predicted molar refractivity (Wildman–Crippen MR) is 130 cm³/mol. The number of fused-ring (bicyclic) bond motifs is 1. The van der Waals surface area contributed by atoms with E-state index in [1.807, 2.05) is 42.6 Å². The molecule has 4 aromatic rings. The number of hydrogen-bond acceptors (Lipinski definition) is 5. The van der Waals surface area contributed by atoms with E-state index in [-0.39, 0.29) is 28.7 Å². The number of pyridine rings is 1. The maximum Gasteiger partial charge on any atom is 0.251 e. The van der Waals surface area contributed by atoms with Gasteiger partial charge in [0.25, 0.3) is 5.91 Å². The molecule has 0 atom stereocenters. The van der Waals surface area contributed by atoms with Gasteiger partial charge in [-0.2, -0.15) is 0 Å². The van der Waals surface area contributed by atoms with Gasteiger partial charge in [-0.15, -0.1) is 0 Å². The number of para-hydroxylation sites is 1. The van der Waals surface area contributed by atoms with E-state index in [9.17, 15) is 13.2 Å². The Bertz CT molecular complexity index is 1380. The van der Waals surface area contributed by atoms with Crippen molar-refractivity contribution in [3.8, 4) is 5.75 Å². The Morgan fingerprint density at radius 1 is 1.03 bits per heavy atom. The van der Waals surface area contributed by atoms with Crippen molar-refractivity contribution in [2.45, 2.75) is 17.7 Å². The van der Waals surface area contributed by atoms with Crippen LogP contribution in [-0.4, -0.2) is 44.5 Å². The van der Waals surface area contributed by atoms with Gasteiger partial charge >= 0.3 is 0 Å². The smallest absolute Gasteiger partial charge is 0.251 e. The Labute approximate surface area is 198 Å². The summed E-state index contributed by atoms with van der Waals surface area (Å²) in [7, 11) is -2.50. The molecule has 4 rings (SSSR count). The second-order valence-electron chi connectivity index (χ2n) is 7.70.